The molecule has 0 heterocycles. The van der Waals surface area contributed by atoms with E-state index >= 15 is 0 Å². The monoisotopic (exact) mass is 219 g/mol. The lowest BCUT2D eigenvalue weighted by molar-refractivity contribution is -0.114. The molecule has 0 unspecified atom stereocenters. The van der Waals surface area contributed by atoms with Crippen molar-refractivity contribution in [2.24, 2.45) is 0 Å². The van der Waals surface area contributed by atoms with Gasteiger partial charge in [0, 0.05) is 12.6 Å². The van der Waals surface area contributed by atoms with Crippen LogP contribution in [0.25, 0.3) is 0 Å². The molecule has 2 heteroatoms. The fraction of sp³-hybridized carbons (Fsp3) is 0.500. The number of carbonyl (C=O) groups excluding carboxylic acids is 1. The molecule has 0 aromatic heterocycles. The Bertz CT molecular complexity index is 358. The summed E-state index contributed by atoms with van der Waals surface area (Å²) in [6.45, 7) is 5.89. The zero-order chi connectivity index (χ0) is 12.0. The number of rotatable bonds is 5. The molecule has 0 bridgehead atoms. The molecule has 1 amide bonds. The van der Waals surface area contributed by atoms with Crippen LogP contribution in [0.2, 0.25) is 0 Å². The largest absolute Gasteiger partial charge is 0.326 e. The van der Waals surface area contributed by atoms with Crippen LogP contribution in [0.15, 0.2) is 18.2 Å². The topological polar surface area (TPSA) is 29.1 Å². The van der Waals surface area contributed by atoms with Gasteiger partial charge < -0.3 is 5.32 Å². The Kier molecular flexibility index (Phi) is 5.03. The van der Waals surface area contributed by atoms with Gasteiger partial charge in [-0.1, -0.05) is 38.8 Å². The predicted molar refractivity (Wildman–Crippen MR) is 68.7 cm³/mol. The van der Waals surface area contributed by atoms with Crippen molar-refractivity contribution in [2.75, 3.05) is 5.32 Å². The summed E-state index contributed by atoms with van der Waals surface area (Å²) < 4.78 is 0. The van der Waals surface area contributed by atoms with Crippen molar-refractivity contribution in [1.29, 1.82) is 0 Å². The standard InChI is InChI=1S/C14H21NO/c1-4-6-12-8-9-14(15-11(3)16)13(10-12)7-5-2/h8-10H,4-7H2,1-3H3,(H,15,16). The van der Waals surface area contributed by atoms with Gasteiger partial charge in [0.2, 0.25) is 5.91 Å². The number of aryl methyl sites for hydroxylation is 2. The number of nitrogens with one attached hydrogen (secondary N) is 1. The minimum atomic E-state index is 0.000551. The van der Waals surface area contributed by atoms with Crippen LogP contribution in [-0.2, 0) is 17.6 Å². The average Bonchev–Trinajstić information content (AvgIpc) is 2.22. The summed E-state index contributed by atoms with van der Waals surface area (Å²) >= 11 is 0. The summed E-state index contributed by atoms with van der Waals surface area (Å²) in [5.74, 6) is 0.000551. The summed E-state index contributed by atoms with van der Waals surface area (Å²) in [5.41, 5.74) is 3.58. The van der Waals surface area contributed by atoms with Gasteiger partial charge in [-0.2, -0.15) is 0 Å². The Morgan fingerprint density at radius 3 is 2.44 bits per heavy atom. The number of amides is 1. The summed E-state index contributed by atoms with van der Waals surface area (Å²) in [6.07, 6.45) is 4.39. The van der Waals surface area contributed by atoms with E-state index < -0.39 is 0 Å². The maximum absolute atomic E-state index is 11.1. The predicted octanol–water partition coefficient (Wildman–Crippen LogP) is 3.55. The van der Waals surface area contributed by atoms with Gasteiger partial charge in [-0.25, -0.2) is 0 Å². The Labute approximate surface area is 98.1 Å². The van der Waals surface area contributed by atoms with Gasteiger partial charge in [0.05, 0.1) is 0 Å². The van der Waals surface area contributed by atoms with Gasteiger partial charge in [-0.3, -0.25) is 4.79 Å². The minimum Gasteiger partial charge on any atom is -0.326 e. The van der Waals surface area contributed by atoms with Crippen molar-refractivity contribution >= 4 is 11.6 Å². The third kappa shape index (κ3) is 3.69. The second-order valence-electron chi connectivity index (χ2n) is 4.17. The van der Waals surface area contributed by atoms with E-state index in [1.807, 2.05) is 6.07 Å². The van der Waals surface area contributed by atoms with Crippen LogP contribution in [0.1, 0.15) is 44.7 Å². The van der Waals surface area contributed by atoms with Crippen LogP contribution in [0.4, 0.5) is 5.69 Å². The molecule has 0 radical (unpaired) electrons. The molecule has 16 heavy (non-hydrogen) atoms. The Hall–Kier alpha value is -1.31. The SMILES string of the molecule is CCCc1ccc(NC(C)=O)c(CCC)c1. The van der Waals surface area contributed by atoms with E-state index in [0.717, 1.165) is 31.4 Å². The Morgan fingerprint density at radius 2 is 1.88 bits per heavy atom. The van der Waals surface area contributed by atoms with E-state index in [1.54, 1.807) is 6.92 Å². The first kappa shape index (κ1) is 12.8. The highest BCUT2D eigenvalue weighted by Gasteiger charge is 2.04. The van der Waals surface area contributed by atoms with Crippen LogP contribution >= 0.6 is 0 Å². The second-order valence-corrected chi connectivity index (χ2v) is 4.17. The van der Waals surface area contributed by atoms with Crippen molar-refractivity contribution < 1.29 is 4.79 Å². The summed E-state index contributed by atoms with van der Waals surface area (Å²) in [6, 6.07) is 6.35. The normalized spacial score (nSPS) is 10.2. The summed E-state index contributed by atoms with van der Waals surface area (Å²) in [4.78, 5) is 11.1. The van der Waals surface area contributed by atoms with E-state index in [-0.39, 0.29) is 5.91 Å². The zero-order valence-corrected chi connectivity index (χ0v) is 10.5. The van der Waals surface area contributed by atoms with Crippen molar-refractivity contribution in [3.63, 3.8) is 0 Å². The molecular weight excluding hydrogens is 198 g/mol. The first-order valence-corrected chi connectivity index (χ1v) is 6.06. The van der Waals surface area contributed by atoms with E-state index in [0.29, 0.717) is 0 Å². The van der Waals surface area contributed by atoms with Gasteiger partial charge in [0.1, 0.15) is 0 Å². The van der Waals surface area contributed by atoms with Crippen LogP contribution in [0, 0.1) is 0 Å². The molecule has 1 rings (SSSR count). The maximum Gasteiger partial charge on any atom is 0.221 e. The number of benzene rings is 1. The number of hydrogen-bond acceptors (Lipinski definition) is 1. The molecule has 88 valence electrons. The van der Waals surface area contributed by atoms with E-state index in [9.17, 15) is 4.79 Å². The highest BCUT2D eigenvalue weighted by atomic mass is 16.1. The van der Waals surface area contributed by atoms with Gasteiger partial charge in [0.25, 0.3) is 0 Å². The number of anilines is 1. The van der Waals surface area contributed by atoms with E-state index in [4.69, 9.17) is 0 Å². The fourth-order valence-electron chi connectivity index (χ4n) is 1.88. The van der Waals surface area contributed by atoms with Crippen LogP contribution in [-0.4, -0.2) is 5.91 Å². The first-order valence-electron chi connectivity index (χ1n) is 6.06. The van der Waals surface area contributed by atoms with Gasteiger partial charge >= 0.3 is 0 Å². The molecule has 0 aliphatic carbocycles. The van der Waals surface area contributed by atoms with E-state index in [1.165, 1.54) is 11.1 Å². The highest BCUT2D eigenvalue weighted by molar-refractivity contribution is 5.89. The quantitative estimate of drug-likeness (QED) is 0.806. The lowest BCUT2D eigenvalue weighted by Gasteiger charge is -2.11. The second kappa shape index (κ2) is 6.31. The molecule has 1 aromatic rings. The van der Waals surface area contributed by atoms with Gasteiger partial charge in [0.15, 0.2) is 0 Å². The molecule has 0 saturated heterocycles. The smallest absolute Gasteiger partial charge is 0.221 e. The van der Waals surface area contributed by atoms with Crippen LogP contribution in [0.3, 0.4) is 0 Å². The molecular formula is C14H21NO. The fourth-order valence-corrected chi connectivity index (χ4v) is 1.88. The molecule has 0 aliphatic heterocycles. The first-order chi connectivity index (χ1) is 7.67. The third-order valence-corrected chi connectivity index (χ3v) is 2.54. The number of hydrogen-bond donors (Lipinski definition) is 1. The summed E-state index contributed by atoms with van der Waals surface area (Å²) in [7, 11) is 0. The molecule has 1 N–H and O–H groups in total. The minimum absolute atomic E-state index is 0.000551. The van der Waals surface area contributed by atoms with Crippen molar-refractivity contribution in [1.82, 2.24) is 0 Å². The maximum atomic E-state index is 11.1. The molecule has 2 nitrogen and oxygen atoms in total. The van der Waals surface area contributed by atoms with Crippen LogP contribution < -0.4 is 5.32 Å². The van der Waals surface area contributed by atoms with Crippen molar-refractivity contribution in [3.05, 3.63) is 29.3 Å². The molecule has 0 atom stereocenters. The molecule has 1 aromatic carbocycles. The molecule has 0 spiro atoms. The summed E-state index contributed by atoms with van der Waals surface area (Å²) in [5, 5.41) is 2.89. The van der Waals surface area contributed by atoms with Crippen molar-refractivity contribution in [3.8, 4) is 0 Å². The average molecular weight is 219 g/mol. The molecule has 0 saturated carbocycles. The highest BCUT2D eigenvalue weighted by Crippen LogP contribution is 2.20. The van der Waals surface area contributed by atoms with Gasteiger partial charge in [-0.15, -0.1) is 0 Å². The lowest BCUT2D eigenvalue weighted by Crippen LogP contribution is -2.08. The van der Waals surface area contributed by atoms with Crippen LogP contribution in [0.5, 0.6) is 0 Å². The third-order valence-electron chi connectivity index (χ3n) is 2.54. The zero-order valence-electron chi connectivity index (χ0n) is 10.5. The van der Waals surface area contributed by atoms with E-state index in [2.05, 4.69) is 31.3 Å². The lowest BCUT2D eigenvalue weighted by atomic mass is 10.0. The molecule has 0 aliphatic rings. The van der Waals surface area contributed by atoms with Crippen molar-refractivity contribution in [2.45, 2.75) is 46.5 Å². The Morgan fingerprint density at radius 1 is 1.19 bits per heavy atom. The molecule has 0 fully saturated rings. The van der Waals surface area contributed by atoms with Gasteiger partial charge in [-0.05, 0) is 30.0 Å². The number of carbonyl (C=O) groups is 1. The Balaban J connectivity index is 2.93.